The standard InChI is InChI=1S/C19H42N2O9/c20-1-3-23-5-7-25-9-10-27-13-14-29-18-19(17-22)30-16-15-28-12-11-26-8-6-24-4-2-21/h19,22H,1-18,20-21H2. The van der Waals surface area contributed by atoms with Gasteiger partial charge >= 0.3 is 0 Å². The molecule has 0 saturated heterocycles. The lowest BCUT2D eigenvalue weighted by atomic mass is 10.4. The highest BCUT2D eigenvalue weighted by Gasteiger charge is 2.07. The van der Waals surface area contributed by atoms with Gasteiger partial charge in [-0.3, -0.25) is 0 Å². The molecule has 1 unspecified atom stereocenters. The van der Waals surface area contributed by atoms with Crippen molar-refractivity contribution in [1.29, 1.82) is 0 Å². The topological polar surface area (TPSA) is 146 Å². The Morgan fingerprint density at radius 1 is 0.467 bits per heavy atom. The summed E-state index contributed by atoms with van der Waals surface area (Å²) in [4.78, 5) is 0. The van der Waals surface area contributed by atoms with E-state index in [-0.39, 0.29) is 12.7 Å². The summed E-state index contributed by atoms with van der Waals surface area (Å²) >= 11 is 0. The van der Waals surface area contributed by atoms with Gasteiger partial charge in [-0.1, -0.05) is 0 Å². The van der Waals surface area contributed by atoms with Gasteiger partial charge in [-0.25, -0.2) is 0 Å². The smallest absolute Gasteiger partial charge is 0.104 e. The van der Waals surface area contributed by atoms with Crippen LogP contribution in [-0.2, 0) is 37.9 Å². The molecule has 0 aromatic rings. The molecule has 0 saturated carbocycles. The van der Waals surface area contributed by atoms with E-state index in [2.05, 4.69) is 0 Å². The fourth-order valence-electron chi connectivity index (χ4n) is 2.01. The van der Waals surface area contributed by atoms with E-state index in [0.29, 0.717) is 112 Å². The maximum atomic E-state index is 9.31. The molecule has 11 heteroatoms. The van der Waals surface area contributed by atoms with Crippen molar-refractivity contribution < 1.29 is 43.0 Å². The summed E-state index contributed by atoms with van der Waals surface area (Å²) in [6.45, 7) is 8.02. The van der Waals surface area contributed by atoms with Gasteiger partial charge in [0.2, 0.25) is 0 Å². The molecule has 182 valence electrons. The number of nitrogens with two attached hydrogens (primary N) is 2. The lowest BCUT2D eigenvalue weighted by Crippen LogP contribution is -2.27. The van der Waals surface area contributed by atoms with E-state index in [9.17, 15) is 5.11 Å². The fourth-order valence-corrected chi connectivity index (χ4v) is 2.01. The van der Waals surface area contributed by atoms with Crippen LogP contribution in [0.25, 0.3) is 0 Å². The van der Waals surface area contributed by atoms with Gasteiger partial charge < -0.3 is 54.5 Å². The van der Waals surface area contributed by atoms with E-state index in [4.69, 9.17) is 49.4 Å². The molecule has 0 heterocycles. The molecule has 11 nitrogen and oxygen atoms in total. The Hall–Kier alpha value is -0.440. The van der Waals surface area contributed by atoms with Gasteiger partial charge in [-0.05, 0) is 0 Å². The largest absolute Gasteiger partial charge is 0.394 e. The van der Waals surface area contributed by atoms with Crippen LogP contribution in [-0.4, -0.2) is 130 Å². The summed E-state index contributed by atoms with van der Waals surface area (Å²) in [6, 6.07) is 0. The van der Waals surface area contributed by atoms with Crippen molar-refractivity contribution in [3.8, 4) is 0 Å². The third-order valence-electron chi connectivity index (χ3n) is 3.47. The van der Waals surface area contributed by atoms with Gasteiger partial charge in [0.1, 0.15) is 6.10 Å². The summed E-state index contributed by atoms with van der Waals surface area (Å²) < 4.78 is 42.8. The molecule has 1 atom stereocenters. The monoisotopic (exact) mass is 442 g/mol. The quantitative estimate of drug-likeness (QED) is 0.133. The van der Waals surface area contributed by atoms with E-state index >= 15 is 0 Å². The maximum absolute atomic E-state index is 9.31. The average molecular weight is 443 g/mol. The molecule has 0 aromatic heterocycles. The lowest BCUT2D eigenvalue weighted by molar-refractivity contribution is -0.0709. The number of aliphatic hydroxyl groups is 1. The Morgan fingerprint density at radius 2 is 0.800 bits per heavy atom. The minimum Gasteiger partial charge on any atom is -0.394 e. The van der Waals surface area contributed by atoms with E-state index < -0.39 is 0 Å². The summed E-state index contributed by atoms with van der Waals surface area (Å²) in [5.74, 6) is 0. The molecule has 30 heavy (non-hydrogen) atoms. The van der Waals surface area contributed by atoms with Crippen LogP contribution in [0.5, 0.6) is 0 Å². The van der Waals surface area contributed by atoms with Crippen LogP contribution in [0.15, 0.2) is 0 Å². The molecule has 0 bridgehead atoms. The molecule has 0 aliphatic carbocycles. The molecule has 0 radical (unpaired) electrons. The van der Waals surface area contributed by atoms with Gasteiger partial charge in [0.25, 0.3) is 0 Å². The van der Waals surface area contributed by atoms with Gasteiger partial charge in [0.15, 0.2) is 0 Å². The van der Waals surface area contributed by atoms with Crippen LogP contribution in [0.1, 0.15) is 0 Å². The zero-order valence-electron chi connectivity index (χ0n) is 18.2. The fraction of sp³-hybridized carbons (Fsp3) is 1.00. The van der Waals surface area contributed by atoms with Gasteiger partial charge in [-0.2, -0.15) is 0 Å². The highest BCUT2D eigenvalue weighted by molar-refractivity contribution is 4.54. The maximum Gasteiger partial charge on any atom is 0.104 e. The lowest BCUT2D eigenvalue weighted by Gasteiger charge is -2.16. The number of aliphatic hydroxyl groups excluding tert-OH is 1. The molecule has 0 amide bonds. The third-order valence-corrected chi connectivity index (χ3v) is 3.47. The van der Waals surface area contributed by atoms with Gasteiger partial charge in [0, 0.05) is 13.1 Å². The van der Waals surface area contributed by atoms with Crippen LogP contribution in [0.2, 0.25) is 0 Å². The first-order valence-electron chi connectivity index (χ1n) is 10.5. The van der Waals surface area contributed by atoms with Crippen molar-refractivity contribution >= 4 is 0 Å². The Labute approximate surface area is 180 Å². The average Bonchev–Trinajstić information content (AvgIpc) is 2.76. The van der Waals surface area contributed by atoms with Crippen LogP contribution in [0, 0.1) is 0 Å². The normalized spacial score (nSPS) is 12.5. The van der Waals surface area contributed by atoms with Crippen LogP contribution < -0.4 is 11.5 Å². The molecular formula is C19H42N2O9. The Kier molecular flexibility index (Phi) is 26.2. The van der Waals surface area contributed by atoms with E-state index in [1.807, 2.05) is 0 Å². The molecular weight excluding hydrogens is 400 g/mol. The van der Waals surface area contributed by atoms with Crippen molar-refractivity contribution in [2.45, 2.75) is 6.10 Å². The highest BCUT2D eigenvalue weighted by atomic mass is 16.6. The van der Waals surface area contributed by atoms with Crippen molar-refractivity contribution in [2.24, 2.45) is 11.5 Å². The zero-order chi connectivity index (χ0) is 22.0. The second kappa shape index (κ2) is 26.6. The highest BCUT2D eigenvalue weighted by Crippen LogP contribution is 1.94. The Balaban J connectivity index is 3.27. The third kappa shape index (κ3) is 23.8. The minimum absolute atomic E-state index is 0.118. The van der Waals surface area contributed by atoms with Crippen LogP contribution in [0.3, 0.4) is 0 Å². The first-order valence-corrected chi connectivity index (χ1v) is 10.5. The summed E-state index contributed by atoms with van der Waals surface area (Å²) in [6.07, 6.45) is -0.388. The van der Waals surface area contributed by atoms with Gasteiger partial charge in [-0.15, -0.1) is 0 Å². The first kappa shape index (κ1) is 29.6. The summed E-state index contributed by atoms with van der Waals surface area (Å²) in [7, 11) is 0. The predicted molar refractivity (Wildman–Crippen MR) is 111 cm³/mol. The summed E-state index contributed by atoms with van der Waals surface area (Å²) in [5, 5.41) is 9.31. The number of hydrogen-bond donors (Lipinski definition) is 3. The van der Waals surface area contributed by atoms with Crippen LogP contribution >= 0.6 is 0 Å². The number of ether oxygens (including phenoxy) is 8. The van der Waals surface area contributed by atoms with E-state index in [1.54, 1.807) is 0 Å². The van der Waals surface area contributed by atoms with Crippen molar-refractivity contribution in [3.05, 3.63) is 0 Å². The molecule has 0 spiro atoms. The molecule has 0 rings (SSSR count). The van der Waals surface area contributed by atoms with Crippen LogP contribution in [0.4, 0.5) is 0 Å². The van der Waals surface area contributed by atoms with E-state index in [1.165, 1.54) is 0 Å². The second-order valence-corrected chi connectivity index (χ2v) is 6.00. The molecule has 0 aromatic carbocycles. The minimum atomic E-state index is -0.388. The number of hydrogen-bond acceptors (Lipinski definition) is 11. The SMILES string of the molecule is NCCOCCOCCOCCOCC(CO)OCCOCCOCCOCCN. The number of rotatable bonds is 26. The molecule has 5 N–H and O–H groups in total. The van der Waals surface area contributed by atoms with E-state index in [0.717, 1.165) is 0 Å². The molecule has 0 aliphatic rings. The Bertz CT molecular complexity index is 318. The van der Waals surface area contributed by atoms with Gasteiger partial charge in [0.05, 0.1) is 106 Å². The van der Waals surface area contributed by atoms with Crippen molar-refractivity contribution in [1.82, 2.24) is 0 Å². The predicted octanol–water partition coefficient (Wildman–Crippen LogP) is -1.60. The van der Waals surface area contributed by atoms with Crippen molar-refractivity contribution in [2.75, 3.05) is 119 Å². The van der Waals surface area contributed by atoms with Crippen molar-refractivity contribution in [3.63, 3.8) is 0 Å². The molecule has 0 aliphatic heterocycles. The first-order chi connectivity index (χ1) is 14.8. The molecule has 0 fully saturated rings. The zero-order valence-corrected chi connectivity index (χ0v) is 18.2. The second-order valence-electron chi connectivity index (χ2n) is 6.00. The summed E-state index contributed by atoms with van der Waals surface area (Å²) in [5.41, 5.74) is 10.6. The Morgan fingerprint density at radius 3 is 1.17 bits per heavy atom.